The number of carbonyl (C=O) groups is 4. The zero-order valence-corrected chi connectivity index (χ0v) is 26.3. The quantitative estimate of drug-likeness (QED) is 0.232. The number of carboxylic acid groups (broad SMARTS) is 1. The fraction of sp³-hybridized carbons (Fsp3) is 0.290. The van der Waals surface area contributed by atoms with Gasteiger partial charge in [0.05, 0.1) is 42.5 Å². The van der Waals surface area contributed by atoms with Crippen LogP contribution in [0.4, 0.5) is 25.0 Å². The zero-order chi connectivity index (χ0) is 34.6. The number of carboxylic acids is 1. The van der Waals surface area contributed by atoms with Gasteiger partial charge in [-0.1, -0.05) is 13.0 Å². The number of hydrogen-bond donors (Lipinski definition) is 4. The van der Waals surface area contributed by atoms with E-state index in [9.17, 15) is 37.1 Å². The van der Waals surface area contributed by atoms with Crippen LogP contribution in [0.25, 0.3) is 0 Å². The molecule has 1 unspecified atom stereocenters. The molecule has 47 heavy (non-hydrogen) atoms. The fourth-order valence-electron chi connectivity index (χ4n) is 5.40. The molecule has 0 saturated carbocycles. The van der Waals surface area contributed by atoms with E-state index in [1.54, 1.807) is 0 Å². The first-order valence-electron chi connectivity index (χ1n) is 14.2. The molecule has 250 valence electrons. The molecule has 3 aromatic carbocycles. The third-order valence-electron chi connectivity index (χ3n) is 7.78. The van der Waals surface area contributed by atoms with Crippen molar-refractivity contribution in [2.45, 2.75) is 30.3 Å². The number of ether oxygens (including phenoxy) is 2. The molecule has 1 aliphatic rings. The highest BCUT2D eigenvalue weighted by Gasteiger charge is 2.46. The van der Waals surface area contributed by atoms with E-state index >= 15 is 4.39 Å². The molecule has 3 amide bonds. The Morgan fingerprint density at radius 2 is 1.74 bits per heavy atom. The Hall–Kier alpha value is -5.25. The first kappa shape index (κ1) is 34.6. The molecular weight excluding hydrogens is 642 g/mol. The van der Waals surface area contributed by atoms with E-state index in [2.05, 4.69) is 15.4 Å². The summed E-state index contributed by atoms with van der Waals surface area (Å²) in [6.45, 7) is 1.21. The second kappa shape index (κ2) is 14.0. The van der Waals surface area contributed by atoms with Crippen LogP contribution < -0.4 is 21.1 Å². The monoisotopic (exact) mass is 674 g/mol. The molecule has 1 aliphatic heterocycles. The number of anilines is 2. The maximum absolute atomic E-state index is 15.1. The predicted molar refractivity (Wildman–Crippen MR) is 165 cm³/mol. The number of hydrogen-bond acceptors (Lipinski definition) is 9. The van der Waals surface area contributed by atoms with Gasteiger partial charge >= 0.3 is 12.1 Å². The van der Waals surface area contributed by atoms with Crippen LogP contribution in [-0.2, 0) is 24.2 Å². The van der Waals surface area contributed by atoms with Crippen molar-refractivity contribution in [2.75, 3.05) is 37.2 Å². The molecule has 0 spiro atoms. The number of sulfone groups is 1. The van der Waals surface area contributed by atoms with Crippen molar-refractivity contribution in [1.82, 2.24) is 4.90 Å². The number of rotatable bonds is 11. The summed E-state index contributed by atoms with van der Waals surface area (Å²) < 4.78 is 65.7. The number of nitrogens with zero attached hydrogens (tertiary/aromatic N) is 1. The Kier molecular flexibility index (Phi) is 10.3. The summed E-state index contributed by atoms with van der Waals surface area (Å²) in [5, 5.41) is 15.4. The van der Waals surface area contributed by atoms with Gasteiger partial charge in [-0.25, -0.2) is 22.0 Å². The number of halogens is 2. The Balaban J connectivity index is 1.92. The van der Waals surface area contributed by atoms with E-state index < -0.39 is 63.4 Å². The molecule has 16 heteroatoms. The lowest BCUT2D eigenvalue weighted by Crippen LogP contribution is -2.40. The number of nitrogens with two attached hydrogens (primary N) is 1. The highest BCUT2D eigenvalue weighted by Crippen LogP contribution is 2.43. The van der Waals surface area contributed by atoms with Crippen molar-refractivity contribution < 1.29 is 51.0 Å². The number of nitrogens with one attached hydrogen (secondary N) is 2. The van der Waals surface area contributed by atoms with Crippen LogP contribution in [0.3, 0.4) is 0 Å². The molecule has 0 aromatic heterocycles. The summed E-state index contributed by atoms with van der Waals surface area (Å²) >= 11 is 0. The molecule has 0 radical (unpaired) electrons. The fourth-order valence-corrected chi connectivity index (χ4v) is 6.53. The van der Waals surface area contributed by atoms with Gasteiger partial charge in [-0.05, 0) is 66.1 Å². The molecule has 1 heterocycles. The second-order valence-corrected chi connectivity index (χ2v) is 12.8. The van der Waals surface area contributed by atoms with Crippen molar-refractivity contribution >= 4 is 45.1 Å². The smallest absolute Gasteiger partial charge is 0.411 e. The van der Waals surface area contributed by atoms with Gasteiger partial charge in [0, 0.05) is 17.8 Å². The SMILES string of the molecule is CCS(=O)(=O)c1ccc(NC(=O)OC)cc1[C@H]1C(C(=O)O)CCN1C(=O)[C@@H](Nc1cc(C(N)=O)ccc1F)c1ccc(F)c(OC)c1. The van der Waals surface area contributed by atoms with Crippen molar-refractivity contribution in [1.29, 1.82) is 0 Å². The molecule has 0 bridgehead atoms. The summed E-state index contributed by atoms with van der Waals surface area (Å²) in [6.07, 6.45) is -0.984. The topological polar surface area (TPSA) is 194 Å². The Morgan fingerprint density at radius 1 is 1.04 bits per heavy atom. The van der Waals surface area contributed by atoms with Crippen LogP contribution in [-0.4, -0.2) is 68.8 Å². The summed E-state index contributed by atoms with van der Waals surface area (Å²) in [5.74, 6) is -6.62. The van der Waals surface area contributed by atoms with Gasteiger partial charge in [-0.15, -0.1) is 0 Å². The number of primary amides is 1. The first-order valence-corrected chi connectivity index (χ1v) is 15.8. The number of amides is 3. The van der Waals surface area contributed by atoms with E-state index in [1.165, 1.54) is 44.4 Å². The minimum atomic E-state index is -4.01. The minimum absolute atomic E-state index is 0.0635. The van der Waals surface area contributed by atoms with Crippen LogP contribution in [0.5, 0.6) is 5.75 Å². The van der Waals surface area contributed by atoms with Gasteiger partial charge in [0.25, 0.3) is 0 Å². The second-order valence-electron chi connectivity index (χ2n) is 10.5. The third kappa shape index (κ3) is 7.27. The summed E-state index contributed by atoms with van der Waals surface area (Å²) in [4.78, 5) is 51.8. The van der Waals surface area contributed by atoms with Crippen LogP contribution in [0.2, 0.25) is 0 Å². The molecule has 5 N–H and O–H groups in total. The number of likely N-dealkylation sites (tertiary alicyclic amines) is 1. The Morgan fingerprint density at radius 3 is 2.36 bits per heavy atom. The number of methoxy groups -OCH3 is 2. The van der Waals surface area contributed by atoms with Crippen LogP contribution in [0.15, 0.2) is 59.5 Å². The number of aliphatic carboxylic acids is 1. The minimum Gasteiger partial charge on any atom is -0.494 e. The molecule has 1 saturated heterocycles. The van der Waals surface area contributed by atoms with Gasteiger partial charge in [-0.2, -0.15) is 0 Å². The van der Waals surface area contributed by atoms with Crippen LogP contribution >= 0.6 is 0 Å². The van der Waals surface area contributed by atoms with E-state index in [0.717, 1.165) is 36.3 Å². The molecule has 4 rings (SSSR count). The normalized spacial score (nSPS) is 16.7. The van der Waals surface area contributed by atoms with Gasteiger partial charge in [0.2, 0.25) is 11.8 Å². The lowest BCUT2D eigenvalue weighted by molar-refractivity contribution is -0.143. The maximum Gasteiger partial charge on any atom is 0.411 e. The standard InChI is InChI=1S/C31H32F2N4O9S/c1-4-47(43,44)25-10-7-18(35-31(42)46-3)15-20(25)27-19(30(40)41)11-12-37(27)29(39)26(16-5-9-22(33)24(14-16)45-2)36-23-13-17(28(34)38)6-8-21(23)32/h5-10,13-15,19,26-27,36H,4,11-12H2,1-3H3,(H2,34,38)(H,35,42)(H,40,41)/t19?,26-,27+/m0/s1. The van der Waals surface area contributed by atoms with E-state index in [1.807, 2.05) is 0 Å². The summed E-state index contributed by atoms with van der Waals surface area (Å²) in [6, 6.07) is 7.42. The van der Waals surface area contributed by atoms with E-state index in [-0.39, 0.29) is 57.4 Å². The lowest BCUT2D eigenvalue weighted by atomic mass is 9.92. The molecule has 13 nitrogen and oxygen atoms in total. The maximum atomic E-state index is 15.1. The van der Waals surface area contributed by atoms with E-state index in [4.69, 9.17) is 10.5 Å². The Bertz CT molecular complexity index is 1840. The van der Waals surface area contributed by atoms with Crippen molar-refractivity contribution in [3.8, 4) is 5.75 Å². The molecule has 0 aliphatic carbocycles. The van der Waals surface area contributed by atoms with Crippen molar-refractivity contribution in [3.63, 3.8) is 0 Å². The average Bonchev–Trinajstić information content (AvgIpc) is 3.50. The summed E-state index contributed by atoms with van der Waals surface area (Å²) in [5.41, 5.74) is 4.99. The molecular formula is C31H32F2N4O9S. The number of carbonyl (C=O) groups excluding carboxylic acids is 3. The average molecular weight is 675 g/mol. The van der Waals surface area contributed by atoms with Gasteiger partial charge in [-0.3, -0.25) is 19.7 Å². The van der Waals surface area contributed by atoms with Crippen LogP contribution in [0, 0.1) is 17.6 Å². The van der Waals surface area contributed by atoms with E-state index in [0.29, 0.717) is 0 Å². The molecule has 1 fully saturated rings. The third-order valence-corrected chi connectivity index (χ3v) is 9.58. The highest BCUT2D eigenvalue weighted by molar-refractivity contribution is 7.91. The zero-order valence-electron chi connectivity index (χ0n) is 25.5. The molecule has 3 atom stereocenters. The van der Waals surface area contributed by atoms with Gasteiger partial charge in [0.1, 0.15) is 11.9 Å². The van der Waals surface area contributed by atoms with Crippen molar-refractivity contribution in [2.24, 2.45) is 11.7 Å². The van der Waals surface area contributed by atoms with Crippen molar-refractivity contribution in [3.05, 3.63) is 82.9 Å². The number of benzene rings is 3. The first-order chi connectivity index (χ1) is 22.2. The largest absolute Gasteiger partial charge is 0.494 e. The Labute approximate surface area is 268 Å². The summed E-state index contributed by atoms with van der Waals surface area (Å²) in [7, 11) is -1.70. The lowest BCUT2D eigenvalue weighted by Gasteiger charge is -2.33. The predicted octanol–water partition coefficient (Wildman–Crippen LogP) is 3.87. The highest BCUT2D eigenvalue weighted by atomic mass is 32.2. The van der Waals surface area contributed by atoms with Crippen LogP contribution in [0.1, 0.15) is 46.9 Å². The van der Waals surface area contributed by atoms with Gasteiger partial charge in [0.15, 0.2) is 21.4 Å². The van der Waals surface area contributed by atoms with Gasteiger partial charge < -0.3 is 30.5 Å². The molecule has 3 aromatic rings.